The van der Waals surface area contributed by atoms with Crippen molar-refractivity contribution in [2.45, 2.75) is 19.4 Å². The van der Waals surface area contributed by atoms with Crippen molar-refractivity contribution in [1.29, 1.82) is 0 Å². The molecule has 0 heterocycles. The molecule has 0 saturated carbocycles. The zero-order valence-electron chi connectivity index (χ0n) is 6.35. The van der Waals surface area contributed by atoms with Crippen LogP contribution in [-0.4, -0.2) is 24.2 Å². The summed E-state index contributed by atoms with van der Waals surface area (Å²) in [6.07, 6.45) is 0.492. The molecule has 10 heavy (non-hydrogen) atoms. The van der Waals surface area contributed by atoms with Crippen LogP contribution in [0.3, 0.4) is 0 Å². The molecule has 0 unspecified atom stereocenters. The summed E-state index contributed by atoms with van der Waals surface area (Å²) < 4.78 is 0. The maximum absolute atomic E-state index is 10.4. The van der Waals surface area contributed by atoms with Crippen LogP contribution >= 0.6 is 0 Å². The Balaban J connectivity index is 3.83. The van der Waals surface area contributed by atoms with E-state index in [-0.39, 0.29) is 0 Å². The Labute approximate surface area is 60.7 Å². The summed E-state index contributed by atoms with van der Waals surface area (Å²) in [4.78, 5) is 10.4. The molecule has 0 rings (SSSR count). The molecule has 2 N–H and O–H groups in total. The second-order valence-corrected chi connectivity index (χ2v) is 2.34. The number of carboxylic acids is 1. The highest BCUT2D eigenvalue weighted by atomic mass is 16.4. The lowest BCUT2D eigenvalue weighted by Crippen LogP contribution is -2.33. The molecular formula is C7H13NO2. The Morgan fingerprint density at radius 1 is 1.80 bits per heavy atom. The minimum atomic E-state index is -0.828. The highest BCUT2D eigenvalue weighted by Gasteiger charge is 2.13. The van der Waals surface area contributed by atoms with Crippen LogP contribution < -0.4 is 5.32 Å². The molecule has 58 valence electrons. The number of rotatable bonds is 4. The van der Waals surface area contributed by atoms with Crippen LogP contribution in [0.25, 0.3) is 0 Å². The normalized spacial score (nSPS) is 12.6. The summed E-state index contributed by atoms with van der Waals surface area (Å²) in [6, 6.07) is -0.488. The third kappa shape index (κ3) is 3.25. The first-order valence-corrected chi connectivity index (χ1v) is 3.12. The fourth-order valence-corrected chi connectivity index (χ4v) is 0.661. The van der Waals surface area contributed by atoms with Crippen LogP contribution in [-0.2, 0) is 4.79 Å². The van der Waals surface area contributed by atoms with Gasteiger partial charge in [-0.25, -0.2) is 0 Å². The molecule has 0 saturated heterocycles. The van der Waals surface area contributed by atoms with E-state index < -0.39 is 12.0 Å². The largest absolute Gasteiger partial charge is 0.480 e. The summed E-state index contributed by atoms with van der Waals surface area (Å²) in [5, 5.41) is 11.2. The molecule has 0 aromatic rings. The van der Waals surface area contributed by atoms with Crippen molar-refractivity contribution in [2.24, 2.45) is 0 Å². The number of likely N-dealkylation sites (N-methyl/N-ethyl adjacent to an activating group) is 1. The van der Waals surface area contributed by atoms with Gasteiger partial charge in [-0.2, -0.15) is 0 Å². The SMILES string of the molecule is C=C(C)C[C@@H](NC)C(=O)O. The molecule has 3 nitrogen and oxygen atoms in total. The first kappa shape index (κ1) is 9.17. The van der Waals surface area contributed by atoms with Gasteiger partial charge < -0.3 is 10.4 Å². The van der Waals surface area contributed by atoms with Crippen LogP contribution in [0.5, 0.6) is 0 Å². The Hall–Kier alpha value is -0.830. The van der Waals surface area contributed by atoms with Gasteiger partial charge >= 0.3 is 5.97 Å². The smallest absolute Gasteiger partial charge is 0.321 e. The third-order valence-electron chi connectivity index (χ3n) is 1.20. The average Bonchev–Trinajstić information content (AvgIpc) is 1.81. The average molecular weight is 143 g/mol. The number of hydrogen-bond acceptors (Lipinski definition) is 2. The van der Waals surface area contributed by atoms with Crippen molar-refractivity contribution in [2.75, 3.05) is 7.05 Å². The van der Waals surface area contributed by atoms with Gasteiger partial charge in [0.2, 0.25) is 0 Å². The highest BCUT2D eigenvalue weighted by Crippen LogP contribution is 2.00. The van der Waals surface area contributed by atoms with E-state index >= 15 is 0 Å². The molecule has 0 radical (unpaired) electrons. The summed E-state index contributed by atoms with van der Waals surface area (Å²) in [5.74, 6) is -0.828. The van der Waals surface area contributed by atoms with Gasteiger partial charge in [0.05, 0.1) is 0 Å². The van der Waals surface area contributed by atoms with Crippen LogP contribution in [0.1, 0.15) is 13.3 Å². The topological polar surface area (TPSA) is 49.3 Å². The first-order valence-electron chi connectivity index (χ1n) is 3.12. The third-order valence-corrected chi connectivity index (χ3v) is 1.20. The van der Waals surface area contributed by atoms with Crippen molar-refractivity contribution >= 4 is 5.97 Å². The Morgan fingerprint density at radius 3 is 2.40 bits per heavy atom. The van der Waals surface area contributed by atoms with E-state index in [0.717, 1.165) is 5.57 Å². The lowest BCUT2D eigenvalue weighted by molar-refractivity contribution is -0.139. The zero-order valence-corrected chi connectivity index (χ0v) is 6.35. The molecule has 0 aliphatic carbocycles. The Morgan fingerprint density at radius 2 is 2.30 bits per heavy atom. The van der Waals surface area contributed by atoms with Gasteiger partial charge in [0.25, 0.3) is 0 Å². The monoisotopic (exact) mass is 143 g/mol. The van der Waals surface area contributed by atoms with Crippen molar-refractivity contribution in [3.63, 3.8) is 0 Å². The van der Waals surface area contributed by atoms with Gasteiger partial charge in [0.15, 0.2) is 0 Å². The molecule has 0 bridgehead atoms. The van der Waals surface area contributed by atoms with Gasteiger partial charge in [0, 0.05) is 0 Å². The minimum absolute atomic E-state index is 0.488. The molecule has 0 amide bonds. The Bertz CT molecular complexity index is 143. The first-order chi connectivity index (χ1) is 4.57. The molecule has 0 aromatic carbocycles. The summed E-state index contributed by atoms with van der Waals surface area (Å²) in [6.45, 7) is 5.43. The number of hydrogen-bond donors (Lipinski definition) is 2. The molecular weight excluding hydrogens is 130 g/mol. The molecule has 0 fully saturated rings. The van der Waals surface area contributed by atoms with E-state index in [9.17, 15) is 4.79 Å². The van der Waals surface area contributed by atoms with Gasteiger partial charge in [-0.3, -0.25) is 4.79 Å². The second-order valence-electron chi connectivity index (χ2n) is 2.34. The lowest BCUT2D eigenvalue weighted by atomic mass is 10.1. The molecule has 0 spiro atoms. The number of aliphatic carboxylic acids is 1. The van der Waals surface area contributed by atoms with Crippen LogP contribution in [0, 0.1) is 0 Å². The molecule has 0 aliphatic heterocycles. The van der Waals surface area contributed by atoms with Crippen molar-refractivity contribution in [3.05, 3.63) is 12.2 Å². The van der Waals surface area contributed by atoms with Crippen LogP contribution in [0.15, 0.2) is 12.2 Å². The van der Waals surface area contributed by atoms with E-state index in [1.54, 1.807) is 7.05 Å². The maximum atomic E-state index is 10.4. The van der Waals surface area contributed by atoms with Crippen molar-refractivity contribution in [1.82, 2.24) is 5.32 Å². The van der Waals surface area contributed by atoms with E-state index in [4.69, 9.17) is 5.11 Å². The molecule has 0 aliphatic rings. The maximum Gasteiger partial charge on any atom is 0.321 e. The quantitative estimate of drug-likeness (QED) is 0.567. The molecule has 0 aromatic heterocycles. The standard InChI is InChI=1S/C7H13NO2/c1-5(2)4-6(8-3)7(9)10/h6,8H,1,4H2,2-3H3,(H,9,10)/t6-/m1/s1. The predicted octanol–water partition coefficient (Wildman–Crippen LogP) is 0.625. The van der Waals surface area contributed by atoms with Crippen molar-refractivity contribution in [3.8, 4) is 0 Å². The summed E-state index contributed by atoms with van der Waals surface area (Å²) in [7, 11) is 1.63. The zero-order chi connectivity index (χ0) is 8.15. The van der Waals surface area contributed by atoms with Crippen LogP contribution in [0.4, 0.5) is 0 Å². The number of carboxylic acid groups (broad SMARTS) is 1. The summed E-state index contributed by atoms with van der Waals surface area (Å²) in [5.41, 5.74) is 0.877. The fourth-order valence-electron chi connectivity index (χ4n) is 0.661. The van der Waals surface area contributed by atoms with E-state index in [0.29, 0.717) is 6.42 Å². The highest BCUT2D eigenvalue weighted by molar-refractivity contribution is 5.73. The van der Waals surface area contributed by atoms with E-state index in [1.807, 2.05) is 6.92 Å². The minimum Gasteiger partial charge on any atom is -0.480 e. The van der Waals surface area contributed by atoms with Gasteiger partial charge in [-0.05, 0) is 20.4 Å². The Kier molecular flexibility index (Phi) is 3.72. The van der Waals surface area contributed by atoms with Crippen LogP contribution in [0.2, 0.25) is 0 Å². The second kappa shape index (κ2) is 4.06. The van der Waals surface area contributed by atoms with E-state index in [1.165, 1.54) is 0 Å². The predicted molar refractivity (Wildman–Crippen MR) is 39.9 cm³/mol. The molecule has 1 atom stereocenters. The molecule has 3 heteroatoms. The number of nitrogens with one attached hydrogen (secondary N) is 1. The van der Waals surface area contributed by atoms with E-state index in [2.05, 4.69) is 11.9 Å². The summed E-state index contributed by atoms with van der Waals surface area (Å²) >= 11 is 0. The van der Waals surface area contributed by atoms with Gasteiger partial charge in [-0.1, -0.05) is 5.57 Å². The van der Waals surface area contributed by atoms with Crippen molar-refractivity contribution < 1.29 is 9.90 Å². The van der Waals surface area contributed by atoms with Gasteiger partial charge in [-0.15, -0.1) is 6.58 Å². The number of carbonyl (C=O) groups is 1. The fraction of sp³-hybridized carbons (Fsp3) is 0.571. The van der Waals surface area contributed by atoms with Gasteiger partial charge in [0.1, 0.15) is 6.04 Å². The lowest BCUT2D eigenvalue weighted by Gasteiger charge is -2.09.